The van der Waals surface area contributed by atoms with Crippen molar-refractivity contribution in [1.82, 2.24) is 4.57 Å². The highest BCUT2D eigenvalue weighted by molar-refractivity contribution is 5.73. The number of halogens is 7. The minimum atomic E-state index is -4.72. The highest BCUT2D eigenvalue weighted by atomic mass is 79.9. The monoisotopic (exact) mass is 649 g/mol. The maximum Gasteiger partial charge on any atom is 0.420 e. The predicted molar refractivity (Wildman–Crippen MR) is 133 cm³/mol. The Hall–Kier alpha value is -3.81. The Bertz CT molecular complexity index is 1380. The van der Waals surface area contributed by atoms with Gasteiger partial charge in [-0.15, -0.1) is 0 Å². The minimum Gasteiger partial charge on any atom is -1.00 e. The molecule has 1 aromatic heterocycles. The lowest BCUT2D eigenvalue weighted by atomic mass is 10.2. The molecule has 7 nitrogen and oxygen atoms in total. The molecule has 0 aliphatic heterocycles. The first-order chi connectivity index (χ1) is 19.0. The van der Waals surface area contributed by atoms with E-state index < -0.39 is 48.4 Å². The molecule has 0 amide bonds. The smallest absolute Gasteiger partial charge is 0.420 e. The van der Waals surface area contributed by atoms with E-state index in [1.165, 1.54) is 33.4 Å². The SMILES string of the molecule is CCOc1cccc(C(F)(F)F)c1OCn1c(N)[n+](COc2c(OCC)cccc2C(F)(F)F)c2ccccc21.[Br-]. The van der Waals surface area contributed by atoms with Crippen molar-refractivity contribution in [3.8, 4) is 23.0 Å². The Morgan fingerprint density at radius 3 is 1.73 bits per heavy atom. The molecule has 0 saturated carbocycles. The molecule has 4 aromatic rings. The van der Waals surface area contributed by atoms with Gasteiger partial charge in [-0.3, -0.25) is 5.73 Å². The van der Waals surface area contributed by atoms with Crippen molar-refractivity contribution < 1.29 is 66.8 Å². The summed E-state index contributed by atoms with van der Waals surface area (Å²) in [6, 6.07) is 13.5. The van der Waals surface area contributed by atoms with Crippen molar-refractivity contribution in [1.29, 1.82) is 0 Å². The molecule has 1 heterocycles. The molecular formula is C27H26BrF6N3O4. The zero-order chi connectivity index (χ0) is 29.1. The Balaban J connectivity index is 0.00000462. The van der Waals surface area contributed by atoms with E-state index in [1.54, 1.807) is 38.1 Å². The summed E-state index contributed by atoms with van der Waals surface area (Å²) in [6.07, 6.45) is -9.44. The lowest BCUT2D eigenvalue weighted by Gasteiger charge is -2.17. The van der Waals surface area contributed by atoms with Gasteiger partial charge < -0.3 is 35.9 Å². The second-order valence-corrected chi connectivity index (χ2v) is 8.38. The third kappa shape index (κ3) is 6.75. The standard InChI is InChI=1S/C27H25F6N3O4.BrH/c1-3-37-21-13-7-9-17(26(28,29)30)23(21)39-15-35-19-11-5-6-12-20(19)36(25(35)34)16-40-24-18(27(31,32)33)10-8-14-22(24)38-4-2;/h5-14,34H,3-4,15-16H2,1-2H3;1H. The normalized spacial score (nSPS) is 11.7. The third-order valence-electron chi connectivity index (χ3n) is 5.86. The number of nitrogen functional groups attached to an aromatic ring is 1. The number of ether oxygens (including phenoxy) is 4. The van der Waals surface area contributed by atoms with Crippen LogP contribution in [0.5, 0.6) is 23.0 Å². The predicted octanol–water partition coefficient (Wildman–Crippen LogP) is 3.42. The van der Waals surface area contributed by atoms with Crippen LogP contribution in [0.15, 0.2) is 60.7 Å². The molecule has 41 heavy (non-hydrogen) atoms. The van der Waals surface area contributed by atoms with E-state index >= 15 is 0 Å². The van der Waals surface area contributed by atoms with E-state index in [4.69, 9.17) is 24.7 Å². The van der Waals surface area contributed by atoms with Crippen LogP contribution in [0, 0.1) is 0 Å². The van der Waals surface area contributed by atoms with Gasteiger partial charge in [0.2, 0.25) is 13.5 Å². The Labute approximate surface area is 241 Å². The maximum absolute atomic E-state index is 13.7. The van der Waals surface area contributed by atoms with E-state index in [0.29, 0.717) is 11.0 Å². The molecule has 4 rings (SSSR count). The van der Waals surface area contributed by atoms with E-state index in [-0.39, 0.29) is 47.6 Å². The van der Waals surface area contributed by atoms with Gasteiger partial charge in [-0.1, -0.05) is 24.3 Å². The highest BCUT2D eigenvalue weighted by Gasteiger charge is 2.37. The molecule has 0 radical (unpaired) electrons. The van der Waals surface area contributed by atoms with Crippen LogP contribution in [0.2, 0.25) is 0 Å². The van der Waals surface area contributed by atoms with Crippen molar-refractivity contribution in [2.45, 2.75) is 39.7 Å². The summed E-state index contributed by atoms with van der Waals surface area (Å²) in [5, 5.41) is 0. The summed E-state index contributed by atoms with van der Waals surface area (Å²) in [5.74, 6) is -1.27. The van der Waals surface area contributed by atoms with Gasteiger partial charge in [-0.25, -0.2) is 0 Å². The average Bonchev–Trinajstić information content (AvgIpc) is 3.16. The third-order valence-corrected chi connectivity index (χ3v) is 5.86. The van der Waals surface area contributed by atoms with Crippen LogP contribution in [0.3, 0.4) is 0 Å². The highest BCUT2D eigenvalue weighted by Crippen LogP contribution is 2.43. The number of hydrogen-bond acceptors (Lipinski definition) is 5. The van der Waals surface area contributed by atoms with Gasteiger partial charge in [0.05, 0.1) is 13.2 Å². The molecule has 14 heteroatoms. The van der Waals surface area contributed by atoms with Gasteiger partial charge in [-0.2, -0.15) is 35.5 Å². The lowest BCUT2D eigenvalue weighted by Crippen LogP contribution is -3.00. The molecule has 0 spiro atoms. The van der Waals surface area contributed by atoms with Crippen LogP contribution in [0.25, 0.3) is 11.0 Å². The molecule has 0 fully saturated rings. The Kier molecular flexibility index (Phi) is 9.89. The van der Waals surface area contributed by atoms with Crippen LogP contribution in [0.1, 0.15) is 25.0 Å². The molecule has 3 aromatic carbocycles. The van der Waals surface area contributed by atoms with E-state index in [9.17, 15) is 26.3 Å². The maximum atomic E-state index is 13.7. The van der Waals surface area contributed by atoms with Gasteiger partial charge in [0.25, 0.3) is 0 Å². The van der Waals surface area contributed by atoms with Gasteiger partial charge in [0.1, 0.15) is 22.2 Å². The number of anilines is 1. The average molecular weight is 650 g/mol. The summed E-state index contributed by atoms with van der Waals surface area (Å²) in [4.78, 5) is 0. The number of aromatic nitrogens is 2. The van der Waals surface area contributed by atoms with Gasteiger partial charge in [0.15, 0.2) is 23.0 Å². The lowest BCUT2D eigenvalue weighted by molar-refractivity contribution is -0.687. The fraction of sp³-hybridized carbons (Fsp3) is 0.296. The van der Waals surface area contributed by atoms with Crippen LogP contribution in [-0.2, 0) is 25.8 Å². The van der Waals surface area contributed by atoms with Crippen molar-refractivity contribution >= 4 is 17.0 Å². The second-order valence-electron chi connectivity index (χ2n) is 8.38. The Morgan fingerprint density at radius 1 is 0.707 bits per heavy atom. The summed E-state index contributed by atoms with van der Waals surface area (Å²) in [5.41, 5.74) is 5.17. The molecule has 0 bridgehead atoms. The number of para-hydroxylation sites is 4. The first-order valence-electron chi connectivity index (χ1n) is 12.2. The largest absolute Gasteiger partial charge is 1.00 e. The van der Waals surface area contributed by atoms with Crippen LogP contribution in [0.4, 0.5) is 32.3 Å². The molecule has 0 aliphatic carbocycles. The van der Waals surface area contributed by atoms with Gasteiger partial charge in [0, 0.05) is 0 Å². The zero-order valence-corrected chi connectivity index (χ0v) is 23.4. The molecular weight excluding hydrogens is 624 g/mol. The second kappa shape index (κ2) is 12.8. The van der Waals surface area contributed by atoms with Gasteiger partial charge >= 0.3 is 18.3 Å². The molecule has 0 unspecified atom stereocenters. The van der Waals surface area contributed by atoms with Gasteiger partial charge in [-0.05, 0) is 50.2 Å². The molecule has 0 aliphatic rings. The summed E-state index contributed by atoms with van der Waals surface area (Å²) >= 11 is 0. The van der Waals surface area contributed by atoms with Crippen LogP contribution in [-0.4, -0.2) is 17.8 Å². The first kappa shape index (κ1) is 31.7. The Morgan fingerprint density at radius 2 is 1.22 bits per heavy atom. The molecule has 222 valence electrons. The zero-order valence-electron chi connectivity index (χ0n) is 21.9. The number of hydrogen-bond donors (Lipinski definition) is 1. The first-order valence-corrected chi connectivity index (χ1v) is 12.2. The number of imidazole rings is 1. The van der Waals surface area contributed by atoms with Crippen molar-refractivity contribution in [3.63, 3.8) is 0 Å². The molecule has 2 N–H and O–H groups in total. The van der Waals surface area contributed by atoms with Crippen molar-refractivity contribution in [3.05, 3.63) is 71.8 Å². The quantitative estimate of drug-likeness (QED) is 0.211. The number of nitrogens with two attached hydrogens (primary N) is 1. The summed E-state index contributed by atoms with van der Waals surface area (Å²) in [6.45, 7) is 2.53. The summed E-state index contributed by atoms with van der Waals surface area (Å²) < 4.78 is 107. The molecule has 0 atom stereocenters. The van der Waals surface area contributed by atoms with Crippen LogP contribution < -0.4 is 46.2 Å². The van der Waals surface area contributed by atoms with E-state index in [1.807, 2.05) is 0 Å². The topological polar surface area (TPSA) is 71.8 Å². The van der Waals surface area contributed by atoms with Crippen molar-refractivity contribution in [2.24, 2.45) is 0 Å². The fourth-order valence-electron chi connectivity index (χ4n) is 4.16. The van der Waals surface area contributed by atoms with Crippen molar-refractivity contribution in [2.75, 3.05) is 18.9 Å². The number of fused-ring (bicyclic) bond motifs is 1. The number of alkyl halides is 6. The number of benzene rings is 3. The summed E-state index contributed by atoms with van der Waals surface area (Å²) in [7, 11) is 0. The van der Waals surface area contributed by atoms with E-state index in [0.717, 1.165) is 12.1 Å². The molecule has 0 saturated heterocycles. The fourth-order valence-corrected chi connectivity index (χ4v) is 4.16. The minimum absolute atomic E-state index is 0. The van der Waals surface area contributed by atoms with Crippen LogP contribution >= 0.6 is 0 Å². The van der Waals surface area contributed by atoms with E-state index in [2.05, 4.69) is 0 Å². The number of nitrogens with zero attached hydrogens (tertiary/aromatic N) is 2. The number of rotatable bonds is 10.